The predicted molar refractivity (Wildman–Crippen MR) is 75.7 cm³/mol. The van der Waals surface area contributed by atoms with Gasteiger partial charge in [-0.3, -0.25) is 0 Å². The molecule has 0 saturated heterocycles. The number of aliphatic hydroxyl groups excluding tert-OH is 1. The zero-order valence-electron chi connectivity index (χ0n) is 12.2. The van der Waals surface area contributed by atoms with Gasteiger partial charge in [0.25, 0.3) is 0 Å². The first-order valence-electron chi connectivity index (χ1n) is 6.49. The van der Waals surface area contributed by atoms with Gasteiger partial charge >= 0.3 is 0 Å². The maximum Gasteiger partial charge on any atom is 0.124 e. The number of aliphatic hydroxyl groups is 1. The van der Waals surface area contributed by atoms with E-state index in [1.54, 1.807) is 13.2 Å². The zero-order chi connectivity index (χ0) is 15.0. The molecule has 0 aromatic heterocycles. The highest BCUT2D eigenvalue weighted by atomic mass is 19.1. The molecule has 0 aliphatic carbocycles. The monoisotopic (exact) mass is 280 g/mol. The molecule has 0 heterocycles. The molecule has 20 heavy (non-hydrogen) atoms. The van der Waals surface area contributed by atoms with Gasteiger partial charge in [-0.15, -0.1) is 0 Å². The summed E-state index contributed by atoms with van der Waals surface area (Å²) in [5.74, 6) is 4.82. The predicted octanol–water partition coefficient (Wildman–Crippen LogP) is 2.50. The van der Waals surface area contributed by atoms with Crippen LogP contribution in [0.1, 0.15) is 31.4 Å². The maximum absolute atomic E-state index is 13.4. The molecule has 0 saturated carbocycles. The smallest absolute Gasteiger partial charge is 0.124 e. The number of benzene rings is 1. The highest BCUT2D eigenvalue weighted by molar-refractivity contribution is 5.37. The Kier molecular flexibility index (Phi) is 6.66. The van der Waals surface area contributed by atoms with Crippen LogP contribution in [-0.4, -0.2) is 31.0 Å². The van der Waals surface area contributed by atoms with Crippen molar-refractivity contribution in [3.63, 3.8) is 0 Å². The highest BCUT2D eigenvalue weighted by Crippen LogP contribution is 2.14. The van der Waals surface area contributed by atoms with E-state index in [-0.39, 0.29) is 18.0 Å². The van der Waals surface area contributed by atoms with Crippen LogP contribution in [0.5, 0.6) is 0 Å². The van der Waals surface area contributed by atoms with E-state index >= 15 is 0 Å². The van der Waals surface area contributed by atoms with Crippen molar-refractivity contribution in [1.29, 1.82) is 0 Å². The van der Waals surface area contributed by atoms with Crippen molar-refractivity contribution in [2.24, 2.45) is 0 Å². The van der Waals surface area contributed by atoms with E-state index in [4.69, 9.17) is 14.6 Å². The number of halogens is 1. The molecule has 1 rings (SSSR count). The molecule has 0 radical (unpaired) electrons. The van der Waals surface area contributed by atoms with E-state index in [9.17, 15) is 4.39 Å². The molecule has 0 spiro atoms. The van der Waals surface area contributed by atoms with Crippen LogP contribution in [0.4, 0.5) is 4.39 Å². The van der Waals surface area contributed by atoms with Gasteiger partial charge in [0.2, 0.25) is 0 Å². The Morgan fingerprint density at radius 1 is 1.30 bits per heavy atom. The Morgan fingerprint density at radius 2 is 2.05 bits per heavy atom. The largest absolute Gasteiger partial charge is 0.384 e. The molecule has 0 amide bonds. The molecule has 0 unspecified atom stereocenters. The van der Waals surface area contributed by atoms with Gasteiger partial charge in [0.05, 0.1) is 12.2 Å². The number of ether oxygens (including phenoxy) is 2. The van der Waals surface area contributed by atoms with Crippen LogP contribution in [0.3, 0.4) is 0 Å². The Labute approximate surface area is 119 Å². The van der Waals surface area contributed by atoms with Crippen molar-refractivity contribution >= 4 is 0 Å². The van der Waals surface area contributed by atoms with E-state index in [1.165, 1.54) is 12.1 Å². The van der Waals surface area contributed by atoms with Gasteiger partial charge in [-0.1, -0.05) is 11.8 Å². The number of methoxy groups -OCH3 is 1. The Balaban J connectivity index is 2.54. The summed E-state index contributed by atoms with van der Waals surface area (Å²) in [5, 5.41) is 8.64. The number of hydrogen-bond donors (Lipinski definition) is 1. The van der Waals surface area contributed by atoms with Gasteiger partial charge in [-0.2, -0.15) is 0 Å². The lowest BCUT2D eigenvalue weighted by Crippen LogP contribution is -2.24. The van der Waals surface area contributed by atoms with Crippen molar-refractivity contribution in [2.75, 3.05) is 20.3 Å². The second-order valence-corrected chi connectivity index (χ2v) is 5.07. The summed E-state index contributed by atoms with van der Waals surface area (Å²) in [6.45, 7) is 4.59. The van der Waals surface area contributed by atoms with Crippen LogP contribution in [0.25, 0.3) is 0 Å². The first-order valence-corrected chi connectivity index (χ1v) is 6.49. The zero-order valence-corrected chi connectivity index (χ0v) is 12.2. The Bertz CT molecular complexity index is 486. The molecular formula is C16H21FO3. The minimum Gasteiger partial charge on any atom is -0.384 e. The molecule has 0 atom stereocenters. The molecule has 0 aliphatic heterocycles. The lowest BCUT2D eigenvalue weighted by atomic mass is 10.1. The van der Waals surface area contributed by atoms with E-state index in [2.05, 4.69) is 11.8 Å². The SMILES string of the molecule is COC(C)(C)CCOCc1cc(F)cc(C#CCO)c1. The first-order chi connectivity index (χ1) is 9.46. The van der Waals surface area contributed by atoms with Crippen molar-refractivity contribution in [3.05, 3.63) is 35.1 Å². The molecule has 110 valence electrons. The highest BCUT2D eigenvalue weighted by Gasteiger charge is 2.15. The topological polar surface area (TPSA) is 38.7 Å². The molecule has 1 N–H and O–H groups in total. The third-order valence-corrected chi connectivity index (χ3v) is 2.94. The summed E-state index contributed by atoms with van der Waals surface area (Å²) in [6, 6.07) is 4.51. The summed E-state index contributed by atoms with van der Waals surface area (Å²) in [4.78, 5) is 0. The third-order valence-electron chi connectivity index (χ3n) is 2.94. The Morgan fingerprint density at radius 3 is 2.70 bits per heavy atom. The normalized spacial score (nSPS) is 11.1. The van der Waals surface area contributed by atoms with Gasteiger partial charge in [0, 0.05) is 19.3 Å². The molecule has 0 fully saturated rings. The summed E-state index contributed by atoms with van der Waals surface area (Å²) in [6.07, 6.45) is 0.760. The third kappa shape index (κ3) is 6.16. The number of hydrogen-bond acceptors (Lipinski definition) is 3. The van der Waals surface area contributed by atoms with Crippen LogP contribution < -0.4 is 0 Å². The van der Waals surface area contributed by atoms with Gasteiger partial charge in [0.1, 0.15) is 12.4 Å². The molecule has 3 nitrogen and oxygen atoms in total. The lowest BCUT2D eigenvalue weighted by Gasteiger charge is -2.22. The summed E-state index contributed by atoms with van der Waals surface area (Å²) in [5.41, 5.74) is 1.04. The Hall–Kier alpha value is -1.41. The average molecular weight is 280 g/mol. The first kappa shape index (κ1) is 16.6. The van der Waals surface area contributed by atoms with E-state index in [0.717, 1.165) is 12.0 Å². The lowest BCUT2D eigenvalue weighted by molar-refractivity contribution is -0.0124. The maximum atomic E-state index is 13.4. The molecule has 0 bridgehead atoms. The molecule has 1 aromatic rings. The van der Waals surface area contributed by atoms with Gasteiger partial charge < -0.3 is 14.6 Å². The number of rotatable bonds is 6. The summed E-state index contributed by atoms with van der Waals surface area (Å²) >= 11 is 0. The van der Waals surface area contributed by atoms with E-state index in [1.807, 2.05) is 13.8 Å². The molecule has 4 heteroatoms. The van der Waals surface area contributed by atoms with Crippen molar-refractivity contribution in [1.82, 2.24) is 0 Å². The minimum atomic E-state index is -0.356. The van der Waals surface area contributed by atoms with Crippen LogP contribution in [0.15, 0.2) is 18.2 Å². The molecular weight excluding hydrogens is 259 g/mol. The van der Waals surface area contributed by atoms with Gasteiger partial charge in [0.15, 0.2) is 0 Å². The molecule has 1 aromatic carbocycles. The summed E-state index contributed by atoms with van der Waals surface area (Å²) < 4.78 is 24.2. The fourth-order valence-corrected chi connectivity index (χ4v) is 1.56. The van der Waals surface area contributed by atoms with Gasteiger partial charge in [-0.05, 0) is 44.0 Å². The van der Waals surface area contributed by atoms with Crippen LogP contribution in [0.2, 0.25) is 0 Å². The van der Waals surface area contributed by atoms with E-state index < -0.39 is 0 Å². The quantitative estimate of drug-likeness (QED) is 0.643. The fraction of sp³-hybridized carbons (Fsp3) is 0.500. The standard InChI is InChI=1S/C16H21FO3/c1-16(2,19-3)6-8-20-12-14-9-13(5-4-7-18)10-15(17)11-14/h9-11,18H,6-8,12H2,1-3H3. The summed E-state index contributed by atoms with van der Waals surface area (Å²) in [7, 11) is 1.67. The van der Waals surface area contributed by atoms with Crippen LogP contribution >= 0.6 is 0 Å². The van der Waals surface area contributed by atoms with Crippen molar-refractivity contribution < 1.29 is 19.0 Å². The average Bonchev–Trinajstić information content (AvgIpc) is 2.41. The van der Waals surface area contributed by atoms with Gasteiger partial charge in [-0.25, -0.2) is 4.39 Å². The molecule has 0 aliphatic rings. The second-order valence-electron chi connectivity index (χ2n) is 5.07. The van der Waals surface area contributed by atoms with Crippen LogP contribution in [0, 0.1) is 17.7 Å². The van der Waals surface area contributed by atoms with Crippen molar-refractivity contribution in [3.8, 4) is 11.8 Å². The van der Waals surface area contributed by atoms with Crippen LogP contribution in [-0.2, 0) is 16.1 Å². The van der Waals surface area contributed by atoms with E-state index in [0.29, 0.717) is 18.8 Å². The minimum absolute atomic E-state index is 0.223. The fourth-order valence-electron chi connectivity index (χ4n) is 1.56. The van der Waals surface area contributed by atoms with Crippen molar-refractivity contribution in [2.45, 2.75) is 32.5 Å². The second kappa shape index (κ2) is 8.01.